The third-order valence-corrected chi connectivity index (χ3v) is 8.93. The molecule has 0 atom stereocenters. The van der Waals surface area contributed by atoms with Crippen molar-refractivity contribution in [2.75, 3.05) is 5.73 Å². The van der Waals surface area contributed by atoms with E-state index in [4.69, 9.17) is 25.7 Å². The summed E-state index contributed by atoms with van der Waals surface area (Å²) in [6, 6.07) is 39.0. The van der Waals surface area contributed by atoms with Crippen molar-refractivity contribution in [2.24, 2.45) is 20.0 Å². The third-order valence-electron chi connectivity index (χ3n) is 8.93. The second kappa shape index (κ2) is 11.8. The molecule has 0 aromatic heterocycles. The first kappa shape index (κ1) is 28.5. The Kier molecular flexibility index (Phi) is 6.87. The SMILES string of the molecule is Nc1cccc(C2=CC3=CC4=NC(=C(c5ccccc5)C5=NC(=C(c6ccccc6)C6=NC(=C(c7ccccc7)C2=N3)C=C6)C=C5)C=C4)c1. The maximum Gasteiger partial charge on any atom is 0.0816 e. The van der Waals surface area contributed by atoms with E-state index in [2.05, 4.69) is 103 Å². The van der Waals surface area contributed by atoms with Crippen LogP contribution in [0.5, 0.6) is 0 Å². The minimum Gasteiger partial charge on any atom is -0.399 e. The van der Waals surface area contributed by atoms with E-state index in [1.165, 1.54) is 0 Å². The van der Waals surface area contributed by atoms with Crippen molar-refractivity contribution in [3.63, 3.8) is 0 Å². The molecule has 8 bridgehead atoms. The number of anilines is 1. The Hall–Kier alpha value is -6.72. The molecule has 5 aliphatic heterocycles. The minimum absolute atomic E-state index is 0.693. The first-order chi connectivity index (χ1) is 24.2. The van der Waals surface area contributed by atoms with Gasteiger partial charge in [0.05, 0.1) is 45.6 Å². The summed E-state index contributed by atoms with van der Waals surface area (Å²) in [6.45, 7) is 0. The topological polar surface area (TPSA) is 75.5 Å². The largest absolute Gasteiger partial charge is 0.399 e. The fourth-order valence-corrected chi connectivity index (χ4v) is 6.73. The molecule has 0 spiro atoms. The van der Waals surface area contributed by atoms with Crippen LogP contribution >= 0.6 is 0 Å². The molecule has 5 heterocycles. The zero-order valence-electron chi connectivity index (χ0n) is 26.5. The highest BCUT2D eigenvalue weighted by Crippen LogP contribution is 2.39. The molecule has 230 valence electrons. The van der Waals surface area contributed by atoms with Gasteiger partial charge in [-0.3, -0.25) is 0 Å². The molecular weight excluding hydrogens is 599 g/mol. The Morgan fingerprint density at radius 2 is 0.918 bits per heavy atom. The summed E-state index contributed by atoms with van der Waals surface area (Å²) in [6.07, 6.45) is 16.6. The molecule has 0 amide bonds. The van der Waals surface area contributed by atoms with Crippen molar-refractivity contribution in [2.45, 2.75) is 0 Å². The van der Waals surface area contributed by atoms with Crippen molar-refractivity contribution in [3.05, 3.63) is 209 Å². The van der Waals surface area contributed by atoms with Crippen molar-refractivity contribution in [3.8, 4) is 0 Å². The average Bonchev–Trinajstić information content (AvgIpc) is 3.97. The highest BCUT2D eigenvalue weighted by atomic mass is 14.9. The van der Waals surface area contributed by atoms with E-state index in [0.29, 0.717) is 5.69 Å². The Balaban J connectivity index is 1.36. The number of nitrogen functional groups attached to an aromatic ring is 1. The number of rotatable bonds is 4. The maximum absolute atomic E-state index is 6.32. The zero-order chi connectivity index (χ0) is 32.7. The van der Waals surface area contributed by atoms with Crippen molar-refractivity contribution in [1.82, 2.24) is 0 Å². The van der Waals surface area contributed by atoms with Gasteiger partial charge in [-0.25, -0.2) is 20.0 Å². The number of fused-ring (bicyclic) bond motifs is 4. The van der Waals surface area contributed by atoms with Crippen LogP contribution in [-0.2, 0) is 0 Å². The van der Waals surface area contributed by atoms with Crippen LogP contribution in [0, 0.1) is 0 Å². The van der Waals surface area contributed by atoms with Crippen LogP contribution in [0.1, 0.15) is 22.3 Å². The van der Waals surface area contributed by atoms with E-state index >= 15 is 0 Å². The minimum atomic E-state index is 0.693. The lowest BCUT2D eigenvalue weighted by molar-refractivity contribution is 1.41. The molecule has 0 unspecified atom stereocenters. The van der Waals surface area contributed by atoms with Gasteiger partial charge in [-0.15, -0.1) is 0 Å². The van der Waals surface area contributed by atoms with Crippen LogP contribution in [0.15, 0.2) is 207 Å². The summed E-state index contributed by atoms with van der Waals surface area (Å²) in [5.41, 5.74) is 21.6. The second-order valence-corrected chi connectivity index (χ2v) is 12.1. The first-order valence-electron chi connectivity index (χ1n) is 16.3. The molecule has 5 nitrogen and oxygen atoms in total. The standard InChI is InChI=1S/C44H29N5/c45-32-18-10-17-31(25-32)35-27-34-26-33-19-20-36(46-33)41(28-11-4-1-5-12-28)37-21-22-38(48-37)42(29-13-6-2-7-14-29)39-23-24-40(49-39)43(44(35)47-34)30-15-8-3-9-16-30/h1-27H,45H2. The van der Waals surface area contributed by atoms with E-state index in [9.17, 15) is 0 Å². The van der Waals surface area contributed by atoms with Gasteiger partial charge in [-0.05, 0) is 83.0 Å². The molecule has 5 aliphatic rings. The van der Waals surface area contributed by atoms with Crippen LogP contribution in [0.4, 0.5) is 5.69 Å². The number of allylic oxidation sites excluding steroid dienone is 12. The van der Waals surface area contributed by atoms with Crippen LogP contribution < -0.4 is 5.73 Å². The Labute approximate surface area is 284 Å². The molecule has 0 radical (unpaired) electrons. The molecule has 0 fully saturated rings. The lowest BCUT2D eigenvalue weighted by Crippen LogP contribution is -2.06. The summed E-state index contributed by atoms with van der Waals surface area (Å²) >= 11 is 0. The van der Waals surface area contributed by atoms with Gasteiger partial charge in [0.2, 0.25) is 0 Å². The van der Waals surface area contributed by atoms with E-state index in [1.54, 1.807) is 0 Å². The molecule has 9 rings (SSSR count). The lowest BCUT2D eigenvalue weighted by atomic mass is 9.91. The third kappa shape index (κ3) is 5.24. The van der Waals surface area contributed by atoms with Crippen molar-refractivity contribution < 1.29 is 0 Å². The van der Waals surface area contributed by atoms with Gasteiger partial charge in [-0.2, -0.15) is 0 Å². The lowest BCUT2D eigenvalue weighted by Gasteiger charge is -2.14. The summed E-state index contributed by atoms with van der Waals surface area (Å²) in [4.78, 5) is 21.1. The number of aliphatic imine (C=N–C) groups is 4. The quantitative estimate of drug-likeness (QED) is 0.225. The molecule has 0 saturated heterocycles. The normalized spacial score (nSPS) is 17.7. The molecule has 2 N–H and O–H groups in total. The second-order valence-electron chi connectivity index (χ2n) is 12.1. The Morgan fingerprint density at radius 1 is 0.408 bits per heavy atom. The zero-order valence-corrected chi connectivity index (χ0v) is 26.5. The molecule has 5 heteroatoms. The van der Waals surface area contributed by atoms with Crippen molar-refractivity contribution >= 4 is 50.8 Å². The summed E-state index contributed by atoms with van der Waals surface area (Å²) in [5.74, 6) is 0. The van der Waals surface area contributed by atoms with Gasteiger partial charge < -0.3 is 5.73 Å². The number of hydrogen-bond acceptors (Lipinski definition) is 5. The average molecular weight is 628 g/mol. The summed E-state index contributed by atoms with van der Waals surface area (Å²) in [5, 5.41) is 0. The van der Waals surface area contributed by atoms with E-state index in [1.807, 2.05) is 60.7 Å². The van der Waals surface area contributed by atoms with E-state index < -0.39 is 0 Å². The fourth-order valence-electron chi connectivity index (χ4n) is 6.73. The van der Waals surface area contributed by atoms with Gasteiger partial charge >= 0.3 is 0 Å². The van der Waals surface area contributed by atoms with Gasteiger partial charge in [0.15, 0.2) is 0 Å². The van der Waals surface area contributed by atoms with Gasteiger partial charge in [-0.1, -0.05) is 103 Å². The summed E-state index contributed by atoms with van der Waals surface area (Å²) in [7, 11) is 0. The molecule has 0 aliphatic carbocycles. The summed E-state index contributed by atoms with van der Waals surface area (Å²) < 4.78 is 0. The predicted octanol–water partition coefficient (Wildman–Crippen LogP) is 9.27. The molecular formula is C44H29N5. The Morgan fingerprint density at radius 3 is 1.51 bits per heavy atom. The van der Waals surface area contributed by atoms with Gasteiger partial charge in [0, 0.05) is 28.0 Å². The van der Waals surface area contributed by atoms with Gasteiger partial charge in [0.1, 0.15) is 0 Å². The number of nitrogens with two attached hydrogens (primary N) is 1. The van der Waals surface area contributed by atoms with E-state index in [0.717, 1.165) is 90.2 Å². The highest BCUT2D eigenvalue weighted by molar-refractivity contribution is 6.48. The van der Waals surface area contributed by atoms with Crippen molar-refractivity contribution in [1.29, 1.82) is 0 Å². The van der Waals surface area contributed by atoms with E-state index in [-0.39, 0.29) is 0 Å². The fraction of sp³-hybridized carbons (Fsp3) is 0. The maximum atomic E-state index is 6.32. The Bertz CT molecular complexity index is 2440. The number of hydrogen-bond donors (Lipinski definition) is 1. The van der Waals surface area contributed by atoms with Gasteiger partial charge in [0.25, 0.3) is 0 Å². The predicted molar refractivity (Wildman–Crippen MR) is 204 cm³/mol. The number of nitrogens with zero attached hydrogens (tertiary/aromatic N) is 4. The molecule has 49 heavy (non-hydrogen) atoms. The molecule has 4 aromatic rings. The number of benzene rings is 4. The first-order valence-corrected chi connectivity index (χ1v) is 16.3. The molecule has 4 aromatic carbocycles. The van der Waals surface area contributed by atoms with Crippen LogP contribution in [0.2, 0.25) is 0 Å². The van der Waals surface area contributed by atoms with Crippen LogP contribution in [0.3, 0.4) is 0 Å². The smallest absolute Gasteiger partial charge is 0.0816 e. The van der Waals surface area contributed by atoms with Crippen LogP contribution in [0.25, 0.3) is 22.3 Å². The monoisotopic (exact) mass is 627 g/mol. The highest BCUT2D eigenvalue weighted by Gasteiger charge is 2.28. The van der Waals surface area contributed by atoms with Crippen LogP contribution in [-0.4, -0.2) is 22.8 Å². The molecule has 0 saturated carbocycles.